The smallest absolute Gasteiger partial charge is 0.236 e. The maximum Gasteiger partial charge on any atom is 0.236 e. The summed E-state index contributed by atoms with van der Waals surface area (Å²) in [6.45, 7) is 2.46. The number of amides is 1. The first-order chi connectivity index (χ1) is 12.7. The molecule has 0 aliphatic carbocycles. The first-order valence-corrected chi connectivity index (χ1v) is 9.43. The van der Waals surface area contributed by atoms with Crippen LogP contribution in [0.15, 0.2) is 46.2 Å². The summed E-state index contributed by atoms with van der Waals surface area (Å²) in [5.41, 5.74) is 1.98. The molecule has 2 aromatic heterocycles. The van der Waals surface area contributed by atoms with Crippen molar-refractivity contribution in [3.63, 3.8) is 0 Å². The van der Waals surface area contributed by atoms with Gasteiger partial charge in [0.25, 0.3) is 0 Å². The van der Waals surface area contributed by atoms with E-state index in [0.29, 0.717) is 31.7 Å². The molecule has 0 atom stereocenters. The minimum absolute atomic E-state index is 0.0347. The van der Waals surface area contributed by atoms with Crippen molar-refractivity contribution in [2.75, 3.05) is 13.7 Å². The number of nitrogens with one attached hydrogen (secondary N) is 1. The Balaban J connectivity index is 1.45. The van der Waals surface area contributed by atoms with Crippen molar-refractivity contribution in [3.05, 3.63) is 58.8 Å². The molecule has 0 spiro atoms. The van der Waals surface area contributed by atoms with Gasteiger partial charge in [-0.25, -0.2) is 4.98 Å². The Morgan fingerprint density at radius 2 is 2.15 bits per heavy atom. The summed E-state index contributed by atoms with van der Waals surface area (Å²) in [5, 5.41) is 4.95. The molecule has 6 heteroatoms. The van der Waals surface area contributed by atoms with E-state index in [0.717, 1.165) is 27.6 Å². The number of carbonyl (C=O) groups is 1. The molecule has 136 valence electrons. The van der Waals surface area contributed by atoms with Gasteiger partial charge in [-0.2, -0.15) is 0 Å². The van der Waals surface area contributed by atoms with Gasteiger partial charge >= 0.3 is 0 Å². The Morgan fingerprint density at radius 1 is 1.27 bits per heavy atom. The predicted octanol–water partition coefficient (Wildman–Crippen LogP) is 4.01. The van der Waals surface area contributed by atoms with Crippen molar-refractivity contribution in [1.82, 2.24) is 10.3 Å². The van der Waals surface area contributed by atoms with Crippen molar-refractivity contribution in [2.45, 2.75) is 26.2 Å². The maximum atomic E-state index is 12.1. The fourth-order valence-electron chi connectivity index (χ4n) is 2.66. The van der Waals surface area contributed by atoms with Gasteiger partial charge in [0.15, 0.2) is 0 Å². The molecule has 1 aromatic carbocycles. The van der Waals surface area contributed by atoms with E-state index >= 15 is 0 Å². The van der Waals surface area contributed by atoms with E-state index in [2.05, 4.69) is 10.3 Å². The number of aromatic nitrogens is 1. The molecule has 3 aromatic rings. The van der Waals surface area contributed by atoms with Crippen LogP contribution in [0.2, 0.25) is 0 Å². The van der Waals surface area contributed by atoms with Crippen LogP contribution in [0.4, 0.5) is 0 Å². The minimum Gasteiger partial charge on any atom is -0.497 e. The molecule has 0 aliphatic heterocycles. The summed E-state index contributed by atoms with van der Waals surface area (Å²) in [4.78, 5) is 17.6. The number of thiophene rings is 1. The van der Waals surface area contributed by atoms with Gasteiger partial charge in [-0.1, -0.05) is 18.2 Å². The topological polar surface area (TPSA) is 64.4 Å². The molecule has 0 saturated carbocycles. The highest BCUT2D eigenvalue weighted by Crippen LogP contribution is 2.25. The third-order valence-electron chi connectivity index (χ3n) is 4.08. The second-order valence-electron chi connectivity index (χ2n) is 5.95. The molecule has 0 fully saturated rings. The monoisotopic (exact) mass is 370 g/mol. The fourth-order valence-corrected chi connectivity index (χ4v) is 3.31. The third-order valence-corrected chi connectivity index (χ3v) is 4.94. The highest BCUT2D eigenvalue weighted by atomic mass is 32.1. The van der Waals surface area contributed by atoms with Gasteiger partial charge < -0.3 is 14.5 Å². The second kappa shape index (κ2) is 8.67. The number of methoxy groups -OCH3 is 1. The first-order valence-electron chi connectivity index (χ1n) is 8.55. The van der Waals surface area contributed by atoms with Crippen LogP contribution in [-0.4, -0.2) is 24.5 Å². The van der Waals surface area contributed by atoms with E-state index in [9.17, 15) is 4.79 Å². The summed E-state index contributed by atoms with van der Waals surface area (Å²) in [7, 11) is 1.64. The Morgan fingerprint density at radius 3 is 2.92 bits per heavy atom. The van der Waals surface area contributed by atoms with Crippen LogP contribution in [-0.2, 0) is 17.6 Å². The molecule has 0 bridgehead atoms. The van der Waals surface area contributed by atoms with Crippen molar-refractivity contribution in [3.8, 4) is 16.5 Å². The van der Waals surface area contributed by atoms with Gasteiger partial charge in [0.2, 0.25) is 11.8 Å². The van der Waals surface area contributed by atoms with Gasteiger partial charge in [-0.3, -0.25) is 4.79 Å². The lowest BCUT2D eigenvalue weighted by molar-refractivity contribution is -0.121. The number of rotatable bonds is 8. The standard InChI is InChI=1S/C20H22N2O3S/c1-14-17(22-20(25-14)18-7-4-12-26-18)10-11-21-19(23)9-8-15-5-3-6-16(13-15)24-2/h3-7,12-13H,8-11H2,1-2H3,(H,21,23). The van der Waals surface area contributed by atoms with Crippen molar-refractivity contribution >= 4 is 17.2 Å². The van der Waals surface area contributed by atoms with Gasteiger partial charge in [-0.15, -0.1) is 11.3 Å². The molecule has 3 rings (SSSR count). The number of benzene rings is 1. The molecule has 1 N–H and O–H groups in total. The maximum absolute atomic E-state index is 12.1. The largest absolute Gasteiger partial charge is 0.497 e. The average Bonchev–Trinajstić information content (AvgIpc) is 3.30. The first kappa shape index (κ1) is 18.2. The zero-order valence-corrected chi connectivity index (χ0v) is 15.8. The molecule has 0 unspecified atom stereocenters. The van der Waals surface area contributed by atoms with Crippen molar-refractivity contribution in [2.24, 2.45) is 0 Å². The van der Waals surface area contributed by atoms with E-state index in [-0.39, 0.29) is 5.91 Å². The second-order valence-corrected chi connectivity index (χ2v) is 6.90. The molecule has 2 heterocycles. The highest BCUT2D eigenvalue weighted by Gasteiger charge is 2.12. The molecule has 26 heavy (non-hydrogen) atoms. The summed E-state index contributed by atoms with van der Waals surface area (Å²) in [6, 6.07) is 11.7. The molecule has 5 nitrogen and oxygen atoms in total. The molecule has 0 radical (unpaired) electrons. The average molecular weight is 370 g/mol. The number of hydrogen-bond acceptors (Lipinski definition) is 5. The van der Waals surface area contributed by atoms with Crippen LogP contribution in [0.5, 0.6) is 5.75 Å². The predicted molar refractivity (Wildman–Crippen MR) is 103 cm³/mol. The number of nitrogens with zero attached hydrogens (tertiary/aromatic N) is 1. The van der Waals surface area contributed by atoms with Crippen LogP contribution in [0.1, 0.15) is 23.4 Å². The Labute approximate surface area is 157 Å². The summed E-state index contributed by atoms with van der Waals surface area (Å²) < 4.78 is 10.9. The van der Waals surface area contributed by atoms with Crippen LogP contribution in [0.25, 0.3) is 10.8 Å². The van der Waals surface area contributed by atoms with Gasteiger partial charge in [0.1, 0.15) is 11.5 Å². The fraction of sp³-hybridized carbons (Fsp3) is 0.300. The number of hydrogen-bond donors (Lipinski definition) is 1. The van der Waals surface area contributed by atoms with Crippen LogP contribution in [0.3, 0.4) is 0 Å². The van der Waals surface area contributed by atoms with E-state index in [1.807, 2.05) is 48.7 Å². The van der Waals surface area contributed by atoms with Crippen LogP contribution >= 0.6 is 11.3 Å². The van der Waals surface area contributed by atoms with E-state index in [1.165, 1.54) is 0 Å². The van der Waals surface area contributed by atoms with Crippen LogP contribution in [0, 0.1) is 6.92 Å². The minimum atomic E-state index is 0.0347. The Hall–Kier alpha value is -2.60. The van der Waals surface area contributed by atoms with E-state index in [4.69, 9.17) is 9.15 Å². The molecule has 1 amide bonds. The number of oxazole rings is 1. The Kier molecular flexibility index (Phi) is 6.07. The lowest BCUT2D eigenvalue weighted by Gasteiger charge is -2.06. The van der Waals surface area contributed by atoms with Crippen LogP contribution < -0.4 is 10.1 Å². The summed E-state index contributed by atoms with van der Waals surface area (Å²) in [5.74, 6) is 2.30. The zero-order chi connectivity index (χ0) is 18.4. The summed E-state index contributed by atoms with van der Waals surface area (Å²) in [6.07, 6.45) is 1.80. The number of ether oxygens (including phenoxy) is 1. The molecule has 0 aliphatic rings. The quantitative estimate of drug-likeness (QED) is 0.651. The molecule has 0 saturated heterocycles. The van der Waals surface area contributed by atoms with Gasteiger partial charge in [0.05, 0.1) is 17.7 Å². The lowest BCUT2D eigenvalue weighted by Crippen LogP contribution is -2.26. The van der Waals surface area contributed by atoms with Gasteiger partial charge in [0, 0.05) is 19.4 Å². The normalized spacial score (nSPS) is 10.7. The number of carbonyl (C=O) groups excluding carboxylic acids is 1. The van der Waals surface area contributed by atoms with Crippen molar-refractivity contribution < 1.29 is 13.9 Å². The molecular weight excluding hydrogens is 348 g/mol. The van der Waals surface area contributed by atoms with Gasteiger partial charge in [-0.05, 0) is 42.5 Å². The third kappa shape index (κ3) is 4.73. The number of aryl methyl sites for hydroxylation is 2. The zero-order valence-electron chi connectivity index (χ0n) is 15.0. The summed E-state index contributed by atoms with van der Waals surface area (Å²) >= 11 is 1.60. The SMILES string of the molecule is COc1cccc(CCC(=O)NCCc2nc(-c3cccs3)oc2C)c1. The Bertz CT molecular complexity index is 856. The van der Waals surface area contributed by atoms with E-state index in [1.54, 1.807) is 18.4 Å². The lowest BCUT2D eigenvalue weighted by atomic mass is 10.1. The van der Waals surface area contributed by atoms with Crippen molar-refractivity contribution in [1.29, 1.82) is 0 Å². The molecular formula is C20H22N2O3S. The van der Waals surface area contributed by atoms with E-state index < -0.39 is 0 Å². The highest BCUT2D eigenvalue weighted by molar-refractivity contribution is 7.13.